The Morgan fingerprint density at radius 2 is 1.18 bits per heavy atom. The van der Waals surface area contributed by atoms with E-state index in [1.807, 2.05) is 31.2 Å². The molecule has 0 aromatic heterocycles. The van der Waals surface area contributed by atoms with Crippen molar-refractivity contribution < 1.29 is 19.0 Å². The molecule has 0 saturated carbocycles. The Morgan fingerprint density at radius 1 is 0.773 bits per heavy atom. The lowest BCUT2D eigenvalue weighted by atomic mass is 10.1. The van der Waals surface area contributed by atoms with Crippen molar-refractivity contribution in [3.8, 4) is 17.2 Å². The topological polar surface area (TPSA) is 44.8 Å². The van der Waals surface area contributed by atoms with Gasteiger partial charge in [0, 0.05) is 5.56 Å². The number of Topliss-reactive ketones (excluding diaryl/α,β-unsaturated/α-hetero) is 1. The predicted octanol–water partition coefficient (Wildman–Crippen LogP) is 3.75. The Kier molecular flexibility index (Phi) is 5.83. The highest BCUT2D eigenvalue weighted by atomic mass is 16.5. The van der Waals surface area contributed by atoms with Gasteiger partial charge in [0.1, 0.15) is 30.5 Å². The molecule has 2 aromatic carbocycles. The van der Waals surface area contributed by atoms with Crippen LogP contribution in [0.5, 0.6) is 17.2 Å². The van der Waals surface area contributed by atoms with Gasteiger partial charge in [0.05, 0.1) is 6.61 Å². The van der Waals surface area contributed by atoms with Crippen molar-refractivity contribution in [3.63, 3.8) is 0 Å². The summed E-state index contributed by atoms with van der Waals surface area (Å²) in [5.74, 6) is 2.38. The molecule has 0 amide bonds. The average molecular weight is 300 g/mol. The monoisotopic (exact) mass is 300 g/mol. The number of benzene rings is 2. The van der Waals surface area contributed by atoms with Crippen molar-refractivity contribution in [1.82, 2.24) is 0 Å². The fourth-order valence-corrected chi connectivity index (χ4v) is 1.90. The minimum Gasteiger partial charge on any atom is -0.494 e. The summed E-state index contributed by atoms with van der Waals surface area (Å²) in [4.78, 5) is 11.2. The summed E-state index contributed by atoms with van der Waals surface area (Å²) in [5.41, 5.74) is 0.679. The first kappa shape index (κ1) is 15.9. The van der Waals surface area contributed by atoms with Crippen LogP contribution >= 0.6 is 0 Å². The van der Waals surface area contributed by atoms with Gasteiger partial charge < -0.3 is 14.2 Å². The third-order valence-corrected chi connectivity index (χ3v) is 3.02. The van der Waals surface area contributed by atoms with E-state index in [2.05, 4.69) is 0 Å². The highest BCUT2D eigenvalue weighted by Crippen LogP contribution is 2.17. The number of carbonyl (C=O) groups is 1. The first-order valence-corrected chi connectivity index (χ1v) is 7.28. The molecule has 0 aliphatic rings. The van der Waals surface area contributed by atoms with Crippen LogP contribution in [0, 0.1) is 0 Å². The molecule has 0 N–H and O–H groups in total. The number of ketones is 1. The summed E-state index contributed by atoms with van der Waals surface area (Å²) in [5, 5.41) is 0. The molecule has 0 heterocycles. The smallest absolute Gasteiger partial charge is 0.159 e. The minimum atomic E-state index is 0.0467. The molecular weight excluding hydrogens is 280 g/mol. The third kappa shape index (κ3) is 4.81. The zero-order chi connectivity index (χ0) is 15.8. The van der Waals surface area contributed by atoms with E-state index >= 15 is 0 Å². The molecule has 0 unspecified atom stereocenters. The van der Waals surface area contributed by atoms with Gasteiger partial charge in [-0.3, -0.25) is 4.79 Å². The van der Waals surface area contributed by atoms with E-state index < -0.39 is 0 Å². The normalized spacial score (nSPS) is 10.1. The number of rotatable bonds is 8. The molecule has 2 rings (SSSR count). The average Bonchev–Trinajstić information content (AvgIpc) is 2.54. The van der Waals surface area contributed by atoms with E-state index in [0.717, 1.165) is 17.2 Å². The lowest BCUT2D eigenvalue weighted by Gasteiger charge is -2.09. The Morgan fingerprint density at radius 3 is 1.59 bits per heavy atom. The van der Waals surface area contributed by atoms with E-state index in [-0.39, 0.29) is 5.78 Å². The summed E-state index contributed by atoms with van der Waals surface area (Å²) in [6.45, 7) is 5.02. The maximum atomic E-state index is 11.2. The summed E-state index contributed by atoms with van der Waals surface area (Å²) in [7, 11) is 0. The summed E-state index contributed by atoms with van der Waals surface area (Å²) in [6.07, 6.45) is 0. The van der Waals surface area contributed by atoms with Gasteiger partial charge in [-0.15, -0.1) is 0 Å². The molecule has 0 radical (unpaired) electrons. The van der Waals surface area contributed by atoms with Crippen LogP contribution in [-0.2, 0) is 0 Å². The van der Waals surface area contributed by atoms with Crippen LogP contribution in [0.1, 0.15) is 24.2 Å². The summed E-state index contributed by atoms with van der Waals surface area (Å²) < 4.78 is 16.5. The first-order chi connectivity index (χ1) is 10.7. The van der Waals surface area contributed by atoms with Gasteiger partial charge in [-0.05, 0) is 62.4 Å². The van der Waals surface area contributed by atoms with Gasteiger partial charge in [0.15, 0.2) is 5.78 Å². The van der Waals surface area contributed by atoms with Crippen molar-refractivity contribution in [2.75, 3.05) is 19.8 Å². The quantitative estimate of drug-likeness (QED) is 0.550. The number of hydrogen-bond donors (Lipinski definition) is 0. The summed E-state index contributed by atoms with van der Waals surface area (Å²) >= 11 is 0. The van der Waals surface area contributed by atoms with E-state index in [1.165, 1.54) is 0 Å². The number of carbonyl (C=O) groups excluding carboxylic acids is 1. The van der Waals surface area contributed by atoms with Gasteiger partial charge in [-0.1, -0.05) is 0 Å². The molecule has 0 bridgehead atoms. The van der Waals surface area contributed by atoms with Crippen LogP contribution in [0.15, 0.2) is 48.5 Å². The number of hydrogen-bond acceptors (Lipinski definition) is 4. The van der Waals surface area contributed by atoms with Crippen LogP contribution in [-0.4, -0.2) is 25.6 Å². The van der Waals surface area contributed by atoms with Crippen molar-refractivity contribution in [2.24, 2.45) is 0 Å². The molecular formula is C18H20O4. The third-order valence-electron chi connectivity index (χ3n) is 3.02. The molecule has 22 heavy (non-hydrogen) atoms. The highest BCUT2D eigenvalue weighted by molar-refractivity contribution is 5.94. The van der Waals surface area contributed by atoms with Gasteiger partial charge in [-0.25, -0.2) is 0 Å². The van der Waals surface area contributed by atoms with Gasteiger partial charge in [-0.2, -0.15) is 0 Å². The first-order valence-electron chi connectivity index (χ1n) is 7.28. The van der Waals surface area contributed by atoms with E-state index in [9.17, 15) is 4.79 Å². The second kappa shape index (κ2) is 8.08. The lowest BCUT2D eigenvalue weighted by Crippen LogP contribution is -2.09. The molecule has 0 atom stereocenters. The fraction of sp³-hybridized carbons (Fsp3) is 0.278. The molecule has 0 spiro atoms. The Bertz CT molecular complexity index is 587. The van der Waals surface area contributed by atoms with Gasteiger partial charge in [0.2, 0.25) is 0 Å². The molecule has 4 nitrogen and oxygen atoms in total. The molecule has 116 valence electrons. The van der Waals surface area contributed by atoms with Crippen molar-refractivity contribution in [1.29, 1.82) is 0 Å². The molecule has 0 aliphatic carbocycles. The summed E-state index contributed by atoms with van der Waals surface area (Å²) in [6, 6.07) is 14.6. The van der Waals surface area contributed by atoms with E-state index in [0.29, 0.717) is 25.4 Å². The maximum Gasteiger partial charge on any atom is 0.159 e. The standard InChI is InChI=1S/C18H20O4/c1-3-20-16-8-10-18(11-9-16)22-13-12-21-17-6-4-15(5-7-17)14(2)19/h4-11H,3,12-13H2,1-2H3. The Labute approximate surface area is 130 Å². The van der Waals surface area contributed by atoms with Crippen molar-refractivity contribution >= 4 is 5.78 Å². The molecule has 0 saturated heterocycles. The maximum absolute atomic E-state index is 11.2. The van der Waals surface area contributed by atoms with Crippen molar-refractivity contribution in [2.45, 2.75) is 13.8 Å². The number of ether oxygens (including phenoxy) is 3. The van der Waals surface area contributed by atoms with Crippen LogP contribution in [0.25, 0.3) is 0 Å². The Hall–Kier alpha value is -2.49. The fourth-order valence-electron chi connectivity index (χ4n) is 1.90. The zero-order valence-corrected chi connectivity index (χ0v) is 12.9. The van der Waals surface area contributed by atoms with E-state index in [1.54, 1.807) is 31.2 Å². The van der Waals surface area contributed by atoms with Crippen LogP contribution in [0.4, 0.5) is 0 Å². The second-order valence-corrected chi connectivity index (χ2v) is 4.68. The molecule has 0 fully saturated rings. The van der Waals surface area contributed by atoms with Crippen molar-refractivity contribution in [3.05, 3.63) is 54.1 Å². The van der Waals surface area contributed by atoms with Crippen LogP contribution in [0.2, 0.25) is 0 Å². The molecule has 4 heteroatoms. The largest absolute Gasteiger partial charge is 0.494 e. The van der Waals surface area contributed by atoms with E-state index in [4.69, 9.17) is 14.2 Å². The van der Waals surface area contributed by atoms with Gasteiger partial charge in [0.25, 0.3) is 0 Å². The van der Waals surface area contributed by atoms with Crippen LogP contribution < -0.4 is 14.2 Å². The van der Waals surface area contributed by atoms with Crippen LogP contribution in [0.3, 0.4) is 0 Å². The Balaban J connectivity index is 1.73. The molecule has 2 aromatic rings. The molecule has 0 aliphatic heterocycles. The second-order valence-electron chi connectivity index (χ2n) is 4.68. The zero-order valence-electron chi connectivity index (χ0n) is 12.9. The lowest BCUT2D eigenvalue weighted by molar-refractivity contribution is 0.101. The minimum absolute atomic E-state index is 0.0467. The highest BCUT2D eigenvalue weighted by Gasteiger charge is 2.00. The SMILES string of the molecule is CCOc1ccc(OCCOc2ccc(C(C)=O)cc2)cc1. The van der Waals surface area contributed by atoms with Gasteiger partial charge >= 0.3 is 0 Å². The predicted molar refractivity (Wildman–Crippen MR) is 85.0 cm³/mol.